The number of ketones is 1. The highest BCUT2D eigenvalue weighted by atomic mass is 16.1. The zero-order chi connectivity index (χ0) is 22.9. The molecule has 0 bridgehead atoms. The fourth-order valence-electron chi connectivity index (χ4n) is 4.69. The van der Waals surface area contributed by atoms with E-state index in [0.29, 0.717) is 23.2 Å². The maximum Gasteiger partial charge on any atom is 0.230 e. The Morgan fingerprint density at radius 2 is 1.59 bits per heavy atom. The van der Waals surface area contributed by atoms with Crippen LogP contribution < -0.4 is 16.0 Å². The Hall–Kier alpha value is -3.76. The first kappa shape index (κ1) is 20.8. The molecule has 0 saturated carbocycles. The lowest BCUT2D eigenvalue weighted by Gasteiger charge is -2.07. The molecule has 4 aromatic rings. The number of carbonyl (C=O) groups is 1. The summed E-state index contributed by atoms with van der Waals surface area (Å²) in [5.41, 5.74) is 3.70. The molecule has 174 valence electrons. The molecule has 0 radical (unpaired) electrons. The number of nitrogens with zero attached hydrogens (tertiary/aromatic N) is 3. The Balaban J connectivity index is 1.15. The van der Waals surface area contributed by atoms with E-state index in [1.807, 2.05) is 30.5 Å². The molecule has 6 N–H and O–H groups in total. The minimum Gasteiger partial charge on any atom is -0.341 e. The zero-order valence-corrected chi connectivity index (χ0v) is 18.7. The van der Waals surface area contributed by atoms with Gasteiger partial charge in [-0.3, -0.25) is 4.79 Å². The second-order valence-electron chi connectivity index (χ2n) is 8.82. The van der Waals surface area contributed by atoms with Crippen molar-refractivity contribution in [3.63, 3.8) is 0 Å². The van der Waals surface area contributed by atoms with Crippen molar-refractivity contribution in [3.05, 3.63) is 66.0 Å². The van der Waals surface area contributed by atoms with Crippen LogP contribution >= 0.6 is 0 Å². The lowest BCUT2D eigenvalue weighted by molar-refractivity contribution is 0.103. The van der Waals surface area contributed by atoms with E-state index in [2.05, 4.69) is 45.9 Å². The van der Waals surface area contributed by atoms with E-state index < -0.39 is 0 Å². The lowest BCUT2D eigenvalue weighted by Crippen LogP contribution is -2.14. The lowest BCUT2D eigenvalue weighted by atomic mass is 10.1. The average Bonchev–Trinajstić information content (AvgIpc) is 3.70. The summed E-state index contributed by atoms with van der Waals surface area (Å²) in [4.78, 5) is 35.9. The van der Waals surface area contributed by atoms with Gasteiger partial charge in [-0.15, -0.1) is 0 Å². The number of imidazole rings is 3. The normalized spacial score (nSPS) is 20.1. The highest BCUT2D eigenvalue weighted by Crippen LogP contribution is 2.27. The van der Waals surface area contributed by atoms with Gasteiger partial charge in [0.05, 0.1) is 36.5 Å². The monoisotopic (exact) mass is 457 g/mol. The third kappa shape index (κ3) is 4.02. The van der Waals surface area contributed by atoms with Crippen LogP contribution in [0.3, 0.4) is 0 Å². The van der Waals surface area contributed by atoms with E-state index in [1.54, 1.807) is 6.20 Å². The van der Waals surface area contributed by atoms with Crippen molar-refractivity contribution in [2.75, 3.05) is 18.4 Å². The molecule has 34 heavy (non-hydrogen) atoms. The molecule has 0 amide bonds. The third-order valence-corrected chi connectivity index (χ3v) is 6.54. The second kappa shape index (κ2) is 8.88. The summed E-state index contributed by atoms with van der Waals surface area (Å²) in [5, 5.41) is 10.1. The first-order valence-electron chi connectivity index (χ1n) is 11.8. The zero-order valence-electron chi connectivity index (χ0n) is 18.7. The van der Waals surface area contributed by atoms with Crippen molar-refractivity contribution in [2.45, 2.75) is 37.8 Å². The standard InChI is InChI=1S/C24H27N9O/c34-21(19-12-28-23(33-19)17-4-2-10-26-17)20-24(30-13-29-20)31-15-7-5-14(6-8-15)18-11-27-22(32-18)16-3-1-9-25-16/h5-8,11-13,16-17,25-26,31H,1-4,9-10H2,(H,27,32)(H,28,33)(H,29,30). The molecule has 2 atom stereocenters. The van der Waals surface area contributed by atoms with Crippen molar-refractivity contribution in [2.24, 2.45) is 0 Å². The van der Waals surface area contributed by atoms with E-state index in [1.165, 1.54) is 12.7 Å². The molecule has 6 rings (SSSR count). The molecule has 2 aliphatic heterocycles. The number of hydrogen-bond donors (Lipinski definition) is 6. The van der Waals surface area contributed by atoms with Crippen LogP contribution in [0.15, 0.2) is 43.0 Å². The molecular weight excluding hydrogens is 430 g/mol. The van der Waals surface area contributed by atoms with E-state index in [0.717, 1.165) is 60.9 Å². The summed E-state index contributed by atoms with van der Waals surface area (Å²) in [6.45, 7) is 2.01. The van der Waals surface area contributed by atoms with Gasteiger partial charge >= 0.3 is 0 Å². The van der Waals surface area contributed by atoms with Crippen LogP contribution in [0.2, 0.25) is 0 Å². The predicted octanol–water partition coefficient (Wildman–Crippen LogP) is 3.35. The molecule has 2 saturated heterocycles. The number of H-pyrrole nitrogens is 3. The number of aromatic amines is 3. The number of benzene rings is 1. The number of rotatable bonds is 7. The smallest absolute Gasteiger partial charge is 0.230 e. The summed E-state index contributed by atoms with van der Waals surface area (Å²) >= 11 is 0. The molecule has 2 fully saturated rings. The highest BCUT2D eigenvalue weighted by molar-refractivity contribution is 6.09. The molecule has 10 heteroatoms. The minimum atomic E-state index is -0.182. The number of nitrogens with one attached hydrogen (secondary N) is 6. The topological polar surface area (TPSA) is 139 Å². The first-order valence-corrected chi connectivity index (χ1v) is 11.8. The molecule has 0 aliphatic carbocycles. The van der Waals surface area contributed by atoms with E-state index in [4.69, 9.17) is 0 Å². The Morgan fingerprint density at radius 3 is 2.29 bits per heavy atom. The van der Waals surface area contributed by atoms with Crippen molar-refractivity contribution in [1.82, 2.24) is 40.5 Å². The van der Waals surface area contributed by atoms with Crippen LogP contribution in [0, 0.1) is 0 Å². The molecule has 1 aromatic carbocycles. The molecule has 10 nitrogen and oxygen atoms in total. The van der Waals surface area contributed by atoms with Gasteiger partial charge in [0, 0.05) is 5.69 Å². The van der Waals surface area contributed by atoms with Gasteiger partial charge < -0.3 is 30.9 Å². The van der Waals surface area contributed by atoms with Gasteiger partial charge in [-0.1, -0.05) is 12.1 Å². The maximum absolute atomic E-state index is 13.1. The summed E-state index contributed by atoms with van der Waals surface area (Å²) in [6, 6.07) is 8.46. The largest absolute Gasteiger partial charge is 0.341 e. The van der Waals surface area contributed by atoms with Crippen LogP contribution in [-0.2, 0) is 0 Å². The average molecular weight is 458 g/mol. The summed E-state index contributed by atoms with van der Waals surface area (Å²) in [7, 11) is 0. The van der Waals surface area contributed by atoms with Gasteiger partial charge in [0.1, 0.15) is 23.0 Å². The van der Waals surface area contributed by atoms with Gasteiger partial charge in [0.2, 0.25) is 5.78 Å². The van der Waals surface area contributed by atoms with Crippen LogP contribution in [0.25, 0.3) is 11.3 Å². The highest BCUT2D eigenvalue weighted by Gasteiger charge is 2.23. The SMILES string of the molecule is O=C(c1cnc(C2CCCN2)[nH]1)c1[nH]cnc1Nc1ccc(-c2cnc(C3CCCN3)[nH]2)cc1. The summed E-state index contributed by atoms with van der Waals surface area (Å²) in [5.74, 6) is 2.08. The molecule has 3 aromatic heterocycles. The van der Waals surface area contributed by atoms with E-state index >= 15 is 0 Å². The Labute approximate surface area is 196 Å². The number of anilines is 2. The fraction of sp³-hybridized carbons (Fsp3) is 0.333. The van der Waals surface area contributed by atoms with Crippen molar-refractivity contribution in [3.8, 4) is 11.3 Å². The van der Waals surface area contributed by atoms with Crippen LogP contribution in [0.1, 0.15) is 65.6 Å². The van der Waals surface area contributed by atoms with Crippen molar-refractivity contribution >= 4 is 17.3 Å². The van der Waals surface area contributed by atoms with Crippen LogP contribution in [0.5, 0.6) is 0 Å². The maximum atomic E-state index is 13.1. The molecule has 2 aliphatic rings. The third-order valence-electron chi connectivity index (χ3n) is 6.54. The molecule has 2 unspecified atom stereocenters. The quantitative estimate of drug-likeness (QED) is 0.234. The molecular formula is C24H27N9O. The number of carbonyl (C=O) groups excluding carboxylic acids is 1. The Kier molecular flexibility index (Phi) is 5.44. The van der Waals surface area contributed by atoms with Gasteiger partial charge in [0.15, 0.2) is 5.82 Å². The number of hydrogen-bond acceptors (Lipinski definition) is 7. The van der Waals surface area contributed by atoms with Gasteiger partial charge in [0.25, 0.3) is 0 Å². The Bertz CT molecular complexity index is 1270. The van der Waals surface area contributed by atoms with Gasteiger partial charge in [-0.25, -0.2) is 15.0 Å². The van der Waals surface area contributed by atoms with Crippen LogP contribution in [-0.4, -0.2) is 48.8 Å². The minimum absolute atomic E-state index is 0.180. The molecule has 0 spiro atoms. The van der Waals surface area contributed by atoms with E-state index in [9.17, 15) is 4.79 Å². The summed E-state index contributed by atoms with van der Waals surface area (Å²) < 4.78 is 0. The van der Waals surface area contributed by atoms with Gasteiger partial charge in [-0.05, 0) is 56.5 Å². The van der Waals surface area contributed by atoms with Crippen molar-refractivity contribution in [1.29, 1.82) is 0 Å². The van der Waals surface area contributed by atoms with E-state index in [-0.39, 0.29) is 11.8 Å². The fourth-order valence-corrected chi connectivity index (χ4v) is 4.69. The predicted molar refractivity (Wildman–Crippen MR) is 128 cm³/mol. The number of aromatic nitrogens is 6. The Morgan fingerprint density at radius 1 is 0.882 bits per heavy atom. The first-order chi connectivity index (χ1) is 16.7. The second-order valence-corrected chi connectivity index (χ2v) is 8.82. The van der Waals surface area contributed by atoms with Crippen molar-refractivity contribution < 1.29 is 4.79 Å². The van der Waals surface area contributed by atoms with Gasteiger partial charge in [-0.2, -0.15) is 0 Å². The van der Waals surface area contributed by atoms with Crippen LogP contribution in [0.4, 0.5) is 11.5 Å². The molecule has 5 heterocycles. The summed E-state index contributed by atoms with van der Waals surface area (Å²) in [6.07, 6.45) is 9.41.